The molecule has 6 nitrogen and oxygen atoms in total. The van der Waals surface area contributed by atoms with Gasteiger partial charge < -0.3 is 0 Å². The molecule has 0 N–H and O–H groups in total. The summed E-state index contributed by atoms with van der Waals surface area (Å²) < 4.78 is 1.63. The zero-order chi connectivity index (χ0) is 15.1. The van der Waals surface area contributed by atoms with Gasteiger partial charge in [-0.3, -0.25) is 4.98 Å². The summed E-state index contributed by atoms with van der Waals surface area (Å²) in [7, 11) is 0. The molecule has 0 unspecified atom stereocenters. The van der Waals surface area contributed by atoms with Crippen LogP contribution in [0.15, 0.2) is 36.8 Å². The fraction of sp³-hybridized carbons (Fsp3) is 0. The van der Waals surface area contributed by atoms with Crippen LogP contribution in [0.1, 0.15) is 0 Å². The van der Waals surface area contributed by atoms with Crippen molar-refractivity contribution in [2.45, 2.75) is 0 Å². The normalized spacial score (nSPS) is 11.2. The van der Waals surface area contributed by atoms with Crippen LogP contribution in [-0.2, 0) is 0 Å². The van der Waals surface area contributed by atoms with Crippen molar-refractivity contribution < 1.29 is 0 Å². The maximum absolute atomic E-state index is 6.22. The molecule has 0 atom stereocenters. The third-order valence-corrected chi connectivity index (χ3v) is 4.44. The van der Waals surface area contributed by atoms with Gasteiger partial charge in [0.25, 0.3) is 0 Å². The van der Waals surface area contributed by atoms with Gasteiger partial charge in [-0.2, -0.15) is 9.61 Å². The molecular formula is C13H6Cl2N6S. The predicted octanol–water partition coefficient (Wildman–Crippen LogP) is 3.62. The van der Waals surface area contributed by atoms with E-state index in [-0.39, 0.29) is 0 Å². The molecular weight excluding hydrogens is 343 g/mol. The van der Waals surface area contributed by atoms with Gasteiger partial charge in [0, 0.05) is 23.0 Å². The van der Waals surface area contributed by atoms with Crippen LogP contribution in [0.25, 0.3) is 27.1 Å². The lowest BCUT2D eigenvalue weighted by Crippen LogP contribution is -1.93. The molecule has 0 fully saturated rings. The van der Waals surface area contributed by atoms with Crippen LogP contribution in [0.4, 0.5) is 0 Å². The highest BCUT2D eigenvalue weighted by molar-refractivity contribution is 7.19. The number of nitrogens with zero attached hydrogens (tertiary/aromatic N) is 6. The zero-order valence-electron chi connectivity index (χ0n) is 10.8. The maximum atomic E-state index is 6.22. The first-order valence-corrected chi connectivity index (χ1v) is 7.73. The summed E-state index contributed by atoms with van der Waals surface area (Å²) in [6.45, 7) is 0. The minimum Gasteiger partial charge on any atom is -0.261 e. The number of aromatic nitrogens is 6. The predicted molar refractivity (Wildman–Crippen MR) is 85.1 cm³/mol. The van der Waals surface area contributed by atoms with Crippen molar-refractivity contribution in [2.24, 2.45) is 0 Å². The Morgan fingerprint density at radius 2 is 2.00 bits per heavy atom. The highest BCUT2D eigenvalue weighted by Crippen LogP contribution is 2.34. The van der Waals surface area contributed by atoms with Crippen molar-refractivity contribution in [3.8, 4) is 22.1 Å². The molecule has 22 heavy (non-hydrogen) atoms. The smallest absolute Gasteiger partial charge is 0.235 e. The number of fused-ring (bicyclic) bond motifs is 1. The molecule has 4 rings (SSSR count). The number of benzene rings is 1. The summed E-state index contributed by atoms with van der Waals surface area (Å²) in [5.41, 5.74) is 1.36. The molecule has 0 bridgehead atoms. The number of rotatable bonds is 2. The lowest BCUT2D eigenvalue weighted by atomic mass is 10.2. The quantitative estimate of drug-likeness (QED) is 0.553. The summed E-state index contributed by atoms with van der Waals surface area (Å²) in [6.07, 6.45) is 4.80. The largest absolute Gasteiger partial charge is 0.261 e. The Balaban J connectivity index is 1.89. The van der Waals surface area contributed by atoms with Gasteiger partial charge in [0.15, 0.2) is 0 Å². The molecule has 3 heterocycles. The van der Waals surface area contributed by atoms with Gasteiger partial charge in [0.1, 0.15) is 10.7 Å². The first-order chi connectivity index (χ1) is 10.7. The van der Waals surface area contributed by atoms with E-state index in [2.05, 4.69) is 25.3 Å². The van der Waals surface area contributed by atoms with Gasteiger partial charge in [0.05, 0.1) is 11.2 Å². The molecule has 0 aliphatic heterocycles. The van der Waals surface area contributed by atoms with Crippen LogP contribution in [0.5, 0.6) is 0 Å². The Hall–Kier alpha value is -2.09. The van der Waals surface area contributed by atoms with E-state index in [1.54, 1.807) is 41.3 Å². The third kappa shape index (κ3) is 2.23. The molecule has 3 aromatic heterocycles. The highest BCUT2D eigenvalue weighted by atomic mass is 35.5. The van der Waals surface area contributed by atoms with E-state index in [4.69, 9.17) is 23.2 Å². The van der Waals surface area contributed by atoms with Crippen LogP contribution >= 0.6 is 34.5 Å². The highest BCUT2D eigenvalue weighted by Gasteiger charge is 2.17. The van der Waals surface area contributed by atoms with Gasteiger partial charge in [0.2, 0.25) is 10.8 Å². The Morgan fingerprint density at radius 3 is 2.82 bits per heavy atom. The van der Waals surface area contributed by atoms with Gasteiger partial charge in [-0.1, -0.05) is 34.5 Å². The van der Waals surface area contributed by atoms with E-state index in [1.165, 1.54) is 11.3 Å². The number of hydrogen-bond acceptors (Lipinski definition) is 6. The maximum Gasteiger partial charge on any atom is 0.235 e. The molecule has 0 radical (unpaired) electrons. The Morgan fingerprint density at radius 1 is 1.09 bits per heavy atom. The molecule has 0 saturated heterocycles. The standard InChI is InChI=1S/C13H6Cl2N6S/c14-7-1-2-9(15)8(5-7)12-20-21-11(18-19-13(21)22-12)10-6-16-3-4-17-10/h1-6H. The average molecular weight is 349 g/mol. The molecule has 1 aromatic carbocycles. The zero-order valence-corrected chi connectivity index (χ0v) is 13.1. The topological polar surface area (TPSA) is 68.9 Å². The summed E-state index contributed by atoms with van der Waals surface area (Å²) in [6, 6.07) is 5.25. The summed E-state index contributed by atoms with van der Waals surface area (Å²) >= 11 is 13.6. The molecule has 0 saturated carbocycles. The van der Waals surface area contributed by atoms with E-state index in [0.29, 0.717) is 31.5 Å². The Bertz CT molecular complexity index is 965. The lowest BCUT2D eigenvalue weighted by molar-refractivity contribution is 0.957. The monoisotopic (exact) mass is 348 g/mol. The molecule has 0 aliphatic rings. The van der Waals surface area contributed by atoms with Gasteiger partial charge in [-0.05, 0) is 18.2 Å². The second kappa shape index (κ2) is 5.28. The molecule has 0 aliphatic carbocycles. The first kappa shape index (κ1) is 13.6. The number of hydrogen-bond donors (Lipinski definition) is 0. The van der Waals surface area contributed by atoms with Crippen molar-refractivity contribution in [1.82, 2.24) is 29.8 Å². The number of halogens is 2. The summed E-state index contributed by atoms with van der Waals surface area (Å²) in [5, 5.41) is 14.6. The van der Waals surface area contributed by atoms with Crippen molar-refractivity contribution in [2.75, 3.05) is 0 Å². The Kier molecular flexibility index (Phi) is 3.25. The fourth-order valence-electron chi connectivity index (χ4n) is 1.96. The van der Waals surface area contributed by atoms with Crippen LogP contribution in [0, 0.1) is 0 Å². The molecule has 9 heteroatoms. The minimum atomic E-state index is 0.531. The van der Waals surface area contributed by atoms with Gasteiger partial charge >= 0.3 is 0 Å². The van der Waals surface area contributed by atoms with Crippen LogP contribution < -0.4 is 0 Å². The SMILES string of the molecule is Clc1ccc(Cl)c(-c2nn3c(-c4cnccn4)nnc3s2)c1. The van der Waals surface area contributed by atoms with Crippen LogP contribution in [0.3, 0.4) is 0 Å². The molecule has 108 valence electrons. The fourth-order valence-corrected chi connectivity index (χ4v) is 3.27. The van der Waals surface area contributed by atoms with E-state index < -0.39 is 0 Å². The average Bonchev–Trinajstić information content (AvgIpc) is 3.10. The van der Waals surface area contributed by atoms with E-state index in [9.17, 15) is 0 Å². The van der Waals surface area contributed by atoms with E-state index in [0.717, 1.165) is 5.56 Å². The molecule has 0 spiro atoms. The minimum absolute atomic E-state index is 0.531. The van der Waals surface area contributed by atoms with Crippen molar-refractivity contribution in [1.29, 1.82) is 0 Å². The second-order valence-electron chi connectivity index (χ2n) is 4.34. The van der Waals surface area contributed by atoms with Gasteiger partial charge in [-0.25, -0.2) is 4.98 Å². The van der Waals surface area contributed by atoms with Crippen molar-refractivity contribution in [3.05, 3.63) is 46.8 Å². The Labute approximate surface area is 138 Å². The summed E-state index contributed by atoms with van der Waals surface area (Å²) in [5.74, 6) is 0.531. The second-order valence-corrected chi connectivity index (χ2v) is 6.14. The third-order valence-electron chi connectivity index (χ3n) is 2.94. The van der Waals surface area contributed by atoms with Crippen molar-refractivity contribution in [3.63, 3.8) is 0 Å². The first-order valence-electron chi connectivity index (χ1n) is 6.16. The van der Waals surface area contributed by atoms with Gasteiger partial charge in [-0.15, -0.1) is 10.2 Å². The van der Waals surface area contributed by atoms with Crippen molar-refractivity contribution >= 4 is 39.5 Å². The lowest BCUT2D eigenvalue weighted by Gasteiger charge is -2.00. The molecule has 4 aromatic rings. The van der Waals surface area contributed by atoms with E-state index in [1.807, 2.05) is 0 Å². The van der Waals surface area contributed by atoms with E-state index >= 15 is 0 Å². The molecule has 0 amide bonds. The summed E-state index contributed by atoms with van der Waals surface area (Å²) in [4.78, 5) is 8.89. The van der Waals surface area contributed by atoms with Crippen LogP contribution in [-0.4, -0.2) is 29.8 Å². The van der Waals surface area contributed by atoms with Crippen LogP contribution in [0.2, 0.25) is 10.0 Å².